The molecular formula is C21H26N2O4S2. The Morgan fingerprint density at radius 1 is 1.10 bits per heavy atom. The van der Waals surface area contributed by atoms with Crippen LogP contribution >= 0.6 is 11.8 Å². The summed E-state index contributed by atoms with van der Waals surface area (Å²) in [6.45, 7) is 5.29. The van der Waals surface area contributed by atoms with E-state index in [-0.39, 0.29) is 10.8 Å². The molecule has 1 amide bonds. The first-order valence-corrected chi connectivity index (χ1v) is 12.1. The van der Waals surface area contributed by atoms with Crippen molar-refractivity contribution in [2.45, 2.75) is 24.5 Å². The molecular weight excluding hydrogens is 408 g/mol. The minimum atomic E-state index is -3.61. The topological polar surface area (TPSA) is 75.7 Å². The largest absolute Gasteiger partial charge is 0.379 e. The van der Waals surface area contributed by atoms with E-state index in [4.69, 9.17) is 4.74 Å². The van der Waals surface area contributed by atoms with Crippen molar-refractivity contribution in [2.75, 3.05) is 37.4 Å². The Kier molecular flexibility index (Phi) is 7.34. The van der Waals surface area contributed by atoms with Crippen molar-refractivity contribution in [1.82, 2.24) is 4.31 Å². The quantitative estimate of drug-likeness (QED) is 0.724. The number of anilines is 1. The van der Waals surface area contributed by atoms with Gasteiger partial charge in [-0.15, -0.1) is 11.8 Å². The smallest absolute Gasteiger partial charge is 0.243 e. The molecule has 1 aliphatic rings. The van der Waals surface area contributed by atoms with Gasteiger partial charge in [0.25, 0.3) is 0 Å². The molecule has 2 aromatic carbocycles. The Hall–Kier alpha value is -1.87. The highest BCUT2D eigenvalue weighted by Crippen LogP contribution is 2.25. The van der Waals surface area contributed by atoms with E-state index in [2.05, 4.69) is 24.4 Å². The molecule has 0 aliphatic carbocycles. The van der Waals surface area contributed by atoms with Gasteiger partial charge in [0.05, 0.1) is 23.9 Å². The van der Waals surface area contributed by atoms with Gasteiger partial charge < -0.3 is 10.1 Å². The molecule has 29 heavy (non-hydrogen) atoms. The minimum Gasteiger partial charge on any atom is -0.379 e. The van der Waals surface area contributed by atoms with Crippen molar-refractivity contribution in [2.24, 2.45) is 0 Å². The van der Waals surface area contributed by atoms with Crippen LogP contribution in [-0.2, 0) is 25.3 Å². The number of thioether (sulfide) groups is 1. The summed E-state index contributed by atoms with van der Waals surface area (Å²) in [6, 6.07) is 13.1. The van der Waals surface area contributed by atoms with Crippen LogP contribution < -0.4 is 5.32 Å². The molecule has 0 unspecified atom stereocenters. The average Bonchev–Trinajstić information content (AvgIpc) is 2.71. The van der Waals surface area contributed by atoms with Gasteiger partial charge in [0, 0.05) is 24.5 Å². The number of carbonyl (C=O) groups is 1. The van der Waals surface area contributed by atoms with Gasteiger partial charge in [0.15, 0.2) is 0 Å². The van der Waals surface area contributed by atoms with E-state index in [1.54, 1.807) is 25.1 Å². The summed E-state index contributed by atoms with van der Waals surface area (Å²) in [4.78, 5) is 12.6. The third kappa shape index (κ3) is 5.60. The van der Waals surface area contributed by atoms with Crippen molar-refractivity contribution >= 4 is 33.4 Å². The number of ether oxygens (including phenoxy) is 1. The van der Waals surface area contributed by atoms with Crippen molar-refractivity contribution in [3.8, 4) is 0 Å². The number of aryl methyl sites for hydroxylation is 2. The lowest BCUT2D eigenvalue weighted by molar-refractivity contribution is -0.113. The predicted octanol–water partition coefficient (Wildman–Crippen LogP) is 3.20. The molecule has 0 aromatic heterocycles. The van der Waals surface area contributed by atoms with Gasteiger partial charge in [0.1, 0.15) is 0 Å². The molecule has 0 radical (unpaired) electrons. The number of nitrogens with zero attached hydrogens (tertiary/aromatic N) is 1. The Labute approximate surface area is 176 Å². The van der Waals surface area contributed by atoms with E-state index in [0.717, 1.165) is 5.75 Å². The Morgan fingerprint density at radius 2 is 1.83 bits per heavy atom. The van der Waals surface area contributed by atoms with Crippen LogP contribution in [0.2, 0.25) is 0 Å². The Bertz CT molecular complexity index is 970. The summed E-state index contributed by atoms with van der Waals surface area (Å²) in [5, 5.41) is 2.82. The first-order chi connectivity index (χ1) is 13.9. The highest BCUT2D eigenvalue weighted by atomic mass is 32.2. The van der Waals surface area contributed by atoms with Crippen LogP contribution in [0, 0.1) is 13.8 Å². The van der Waals surface area contributed by atoms with Crippen molar-refractivity contribution < 1.29 is 17.9 Å². The maximum Gasteiger partial charge on any atom is 0.243 e. The van der Waals surface area contributed by atoms with Crippen LogP contribution in [0.15, 0.2) is 47.4 Å². The molecule has 1 heterocycles. The van der Waals surface area contributed by atoms with Gasteiger partial charge in [0.2, 0.25) is 15.9 Å². The highest BCUT2D eigenvalue weighted by molar-refractivity contribution is 7.99. The van der Waals surface area contributed by atoms with Crippen molar-refractivity contribution in [3.05, 3.63) is 59.2 Å². The second-order valence-electron chi connectivity index (χ2n) is 6.96. The fourth-order valence-corrected chi connectivity index (χ4v) is 5.67. The third-order valence-electron chi connectivity index (χ3n) is 4.81. The van der Waals surface area contributed by atoms with E-state index in [0.29, 0.717) is 43.3 Å². The molecule has 156 valence electrons. The SMILES string of the molecule is Cc1ccccc1CSCC(=O)Nc1ccc(C)c(S(=O)(=O)N2CCOCC2)c1. The van der Waals surface area contributed by atoms with Crippen LogP contribution in [0.25, 0.3) is 0 Å². The third-order valence-corrected chi connectivity index (χ3v) is 7.83. The first kappa shape index (κ1) is 21.8. The number of amides is 1. The first-order valence-electron chi connectivity index (χ1n) is 9.48. The summed E-state index contributed by atoms with van der Waals surface area (Å²) in [5.74, 6) is 0.903. The van der Waals surface area contributed by atoms with E-state index in [1.165, 1.54) is 27.2 Å². The molecule has 1 aliphatic heterocycles. The van der Waals surface area contributed by atoms with Gasteiger partial charge >= 0.3 is 0 Å². The summed E-state index contributed by atoms with van der Waals surface area (Å²) in [5.41, 5.74) is 3.56. The van der Waals surface area contributed by atoms with Crippen LogP contribution in [0.4, 0.5) is 5.69 Å². The number of sulfonamides is 1. The van der Waals surface area contributed by atoms with Gasteiger partial charge in [-0.2, -0.15) is 4.31 Å². The average molecular weight is 435 g/mol. The van der Waals surface area contributed by atoms with Crippen LogP contribution in [0.5, 0.6) is 0 Å². The molecule has 1 fully saturated rings. The lowest BCUT2D eigenvalue weighted by Gasteiger charge is -2.26. The van der Waals surface area contributed by atoms with Gasteiger partial charge in [-0.3, -0.25) is 4.79 Å². The van der Waals surface area contributed by atoms with Crippen LogP contribution in [-0.4, -0.2) is 50.7 Å². The van der Waals surface area contributed by atoms with Crippen LogP contribution in [0.3, 0.4) is 0 Å². The summed E-state index contributed by atoms with van der Waals surface area (Å²) in [7, 11) is -3.61. The molecule has 0 spiro atoms. The lowest BCUT2D eigenvalue weighted by atomic mass is 10.1. The van der Waals surface area contributed by atoms with Crippen molar-refractivity contribution in [3.63, 3.8) is 0 Å². The molecule has 1 N–H and O–H groups in total. The Balaban J connectivity index is 1.63. The monoisotopic (exact) mass is 434 g/mol. The van der Waals surface area contributed by atoms with E-state index >= 15 is 0 Å². The fourth-order valence-electron chi connectivity index (χ4n) is 3.10. The standard InChI is InChI=1S/C21H26N2O4S2/c1-16-5-3-4-6-18(16)14-28-15-21(24)22-19-8-7-17(2)20(13-19)29(25,26)23-9-11-27-12-10-23/h3-8,13H,9-12,14-15H2,1-2H3,(H,22,24). The number of morpholine rings is 1. The van der Waals surface area contributed by atoms with Gasteiger partial charge in [-0.1, -0.05) is 30.3 Å². The van der Waals surface area contributed by atoms with Gasteiger partial charge in [-0.25, -0.2) is 8.42 Å². The van der Waals surface area contributed by atoms with E-state index < -0.39 is 10.0 Å². The summed E-state index contributed by atoms with van der Waals surface area (Å²) >= 11 is 1.53. The zero-order valence-corrected chi connectivity index (χ0v) is 18.3. The van der Waals surface area contributed by atoms with E-state index in [1.807, 2.05) is 12.1 Å². The second-order valence-corrected chi connectivity index (χ2v) is 9.86. The van der Waals surface area contributed by atoms with Crippen LogP contribution in [0.1, 0.15) is 16.7 Å². The second kappa shape index (κ2) is 9.75. The lowest BCUT2D eigenvalue weighted by Crippen LogP contribution is -2.40. The molecule has 0 bridgehead atoms. The molecule has 2 aromatic rings. The van der Waals surface area contributed by atoms with Crippen molar-refractivity contribution in [1.29, 1.82) is 0 Å². The predicted molar refractivity (Wildman–Crippen MR) is 117 cm³/mol. The molecule has 8 heteroatoms. The maximum atomic E-state index is 13.0. The number of nitrogens with one attached hydrogen (secondary N) is 1. The zero-order valence-electron chi connectivity index (χ0n) is 16.7. The van der Waals surface area contributed by atoms with Gasteiger partial charge in [-0.05, 0) is 42.7 Å². The molecule has 0 saturated carbocycles. The summed E-state index contributed by atoms with van der Waals surface area (Å²) in [6.07, 6.45) is 0. The number of hydrogen-bond donors (Lipinski definition) is 1. The number of benzene rings is 2. The highest BCUT2D eigenvalue weighted by Gasteiger charge is 2.28. The summed E-state index contributed by atoms with van der Waals surface area (Å²) < 4.78 is 32.6. The molecule has 3 rings (SSSR count). The normalized spacial score (nSPS) is 15.2. The Morgan fingerprint density at radius 3 is 2.55 bits per heavy atom. The zero-order chi connectivity index (χ0) is 20.9. The molecule has 6 nitrogen and oxygen atoms in total. The fraction of sp³-hybridized carbons (Fsp3) is 0.381. The number of hydrogen-bond acceptors (Lipinski definition) is 5. The minimum absolute atomic E-state index is 0.151. The molecule has 0 atom stereocenters. The maximum absolute atomic E-state index is 13.0. The molecule has 1 saturated heterocycles. The van der Waals surface area contributed by atoms with E-state index in [9.17, 15) is 13.2 Å². The number of rotatable bonds is 7. The number of carbonyl (C=O) groups excluding carboxylic acids is 1.